The molecule has 0 spiro atoms. The number of phenols is 1. The molecule has 0 amide bonds. The molecule has 0 bridgehead atoms. The zero-order valence-electron chi connectivity index (χ0n) is 7.45. The molecule has 0 saturated carbocycles. The summed E-state index contributed by atoms with van der Waals surface area (Å²) in [5.74, 6) is -1.30. The van der Waals surface area contributed by atoms with E-state index in [0.29, 0.717) is 6.54 Å². The van der Waals surface area contributed by atoms with Crippen LogP contribution in [0.1, 0.15) is 6.92 Å². The Hall–Kier alpha value is -1.85. The third-order valence-corrected chi connectivity index (χ3v) is 1.63. The van der Waals surface area contributed by atoms with E-state index < -0.39 is 16.4 Å². The molecule has 6 heteroatoms. The Balaban J connectivity index is 3.17. The lowest BCUT2D eigenvalue weighted by Crippen LogP contribution is -1.99. The van der Waals surface area contributed by atoms with E-state index in [9.17, 15) is 19.6 Å². The molecule has 2 N–H and O–H groups in total. The number of phenolic OH excluding ortho intramolecular Hbond substituents is 1. The highest BCUT2D eigenvalue weighted by molar-refractivity contribution is 5.60. The molecule has 0 atom stereocenters. The third-order valence-electron chi connectivity index (χ3n) is 1.63. The summed E-state index contributed by atoms with van der Waals surface area (Å²) in [6, 6.07) is 1.68. The molecule has 0 saturated heterocycles. The second-order valence-corrected chi connectivity index (χ2v) is 2.61. The van der Waals surface area contributed by atoms with Crippen molar-refractivity contribution in [3.05, 3.63) is 28.1 Å². The molecular weight excluding hydrogens is 191 g/mol. The highest BCUT2D eigenvalue weighted by Crippen LogP contribution is 2.30. The maximum Gasteiger partial charge on any atom is 0.308 e. The van der Waals surface area contributed by atoms with Crippen LogP contribution in [0.15, 0.2) is 12.1 Å². The lowest BCUT2D eigenvalue weighted by molar-refractivity contribution is -0.387. The lowest BCUT2D eigenvalue weighted by Gasteiger charge is -2.05. The molecule has 1 aromatic carbocycles. The molecule has 0 unspecified atom stereocenters. The predicted molar refractivity (Wildman–Crippen MR) is 48.9 cm³/mol. The summed E-state index contributed by atoms with van der Waals surface area (Å²) >= 11 is 0. The smallest absolute Gasteiger partial charge is 0.308 e. The second kappa shape index (κ2) is 3.91. The first-order valence-electron chi connectivity index (χ1n) is 3.97. The number of nitro benzene ring substituents is 1. The minimum atomic E-state index is -0.969. The highest BCUT2D eigenvalue weighted by Gasteiger charge is 2.17. The van der Waals surface area contributed by atoms with Crippen LogP contribution < -0.4 is 5.32 Å². The van der Waals surface area contributed by atoms with Gasteiger partial charge in [-0.05, 0) is 6.92 Å². The van der Waals surface area contributed by atoms with Crippen molar-refractivity contribution in [2.24, 2.45) is 0 Å². The number of nitrogens with one attached hydrogen (secondary N) is 1. The Kier molecular flexibility index (Phi) is 2.85. The van der Waals surface area contributed by atoms with Crippen molar-refractivity contribution in [3.8, 4) is 5.75 Å². The average molecular weight is 200 g/mol. The van der Waals surface area contributed by atoms with Gasteiger partial charge in [0.05, 0.1) is 16.7 Å². The zero-order valence-corrected chi connectivity index (χ0v) is 7.45. The molecule has 0 aliphatic rings. The van der Waals surface area contributed by atoms with Crippen molar-refractivity contribution in [3.63, 3.8) is 0 Å². The van der Waals surface area contributed by atoms with Gasteiger partial charge in [-0.25, -0.2) is 0 Å². The monoisotopic (exact) mass is 200 g/mol. The van der Waals surface area contributed by atoms with Crippen molar-refractivity contribution in [2.45, 2.75) is 6.92 Å². The van der Waals surface area contributed by atoms with Gasteiger partial charge in [-0.3, -0.25) is 10.1 Å². The standard InChI is InChI=1S/C8H9FN2O3/c1-2-10-6-3-5(9)7(11(13)14)4-8(6)12/h3-4,10,12H,2H2,1H3. The molecule has 76 valence electrons. The van der Waals surface area contributed by atoms with Crippen LogP contribution in [0, 0.1) is 15.9 Å². The fourth-order valence-corrected chi connectivity index (χ4v) is 1.02. The van der Waals surface area contributed by atoms with Gasteiger partial charge in [0.1, 0.15) is 5.75 Å². The normalized spacial score (nSPS) is 9.86. The van der Waals surface area contributed by atoms with Gasteiger partial charge in [-0.2, -0.15) is 4.39 Å². The summed E-state index contributed by atoms with van der Waals surface area (Å²) in [5, 5.41) is 22.2. The Morgan fingerprint density at radius 3 is 2.79 bits per heavy atom. The van der Waals surface area contributed by atoms with Crippen LogP contribution in [0.25, 0.3) is 0 Å². The summed E-state index contributed by atoms with van der Waals surface area (Å²) < 4.78 is 13.0. The van der Waals surface area contributed by atoms with Crippen molar-refractivity contribution in [2.75, 3.05) is 11.9 Å². The summed E-state index contributed by atoms with van der Waals surface area (Å²) in [5.41, 5.74) is -0.584. The van der Waals surface area contributed by atoms with Gasteiger partial charge < -0.3 is 10.4 Å². The van der Waals surface area contributed by atoms with Crippen LogP contribution in [0.4, 0.5) is 15.8 Å². The number of nitrogens with zero attached hydrogens (tertiary/aromatic N) is 1. The van der Waals surface area contributed by atoms with Crippen LogP contribution in [0.3, 0.4) is 0 Å². The minimum absolute atomic E-state index is 0.149. The minimum Gasteiger partial charge on any atom is -0.506 e. The first kappa shape index (κ1) is 10.2. The molecule has 1 rings (SSSR count). The second-order valence-electron chi connectivity index (χ2n) is 2.61. The Morgan fingerprint density at radius 1 is 1.64 bits per heavy atom. The third kappa shape index (κ3) is 1.90. The fraction of sp³-hybridized carbons (Fsp3) is 0.250. The number of nitro groups is 1. The van der Waals surface area contributed by atoms with E-state index in [0.717, 1.165) is 12.1 Å². The molecule has 0 aliphatic heterocycles. The first-order chi connectivity index (χ1) is 6.56. The van der Waals surface area contributed by atoms with Crippen LogP contribution in [-0.2, 0) is 0 Å². The number of anilines is 1. The summed E-state index contributed by atoms with van der Waals surface area (Å²) in [6.45, 7) is 2.25. The largest absolute Gasteiger partial charge is 0.506 e. The number of benzene rings is 1. The average Bonchev–Trinajstić information content (AvgIpc) is 2.10. The van der Waals surface area contributed by atoms with Crippen molar-refractivity contribution < 1.29 is 14.4 Å². The number of aromatic hydroxyl groups is 1. The molecular formula is C8H9FN2O3. The Morgan fingerprint density at radius 2 is 2.29 bits per heavy atom. The molecule has 0 radical (unpaired) electrons. The van der Waals surface area contributed by atoms with E-state index in [1.807, 2.05) is 0 Å². The SMILES string of the molecule is CCNc1cc(F)c([N+](=O)[O-])cc1O. The van der Waals surface area contributed by atoms with E-state index in [-0.39, 0.29) is 11.4 Å². The molecule has 5 nitrogen and oxygen atoms in total. The maximum atomic E-state index is 13.0. The van der Waals surface area contributed by atoms with Crippen LogP contribution in [0.2, 0.25) is 0 Å². The molecule has 0 fully saturated rings. The zero-order chi connectivity index (χ0) is 10.7. The van der Waals surface area contributed by atoms with Gasteiger partial charge in [-0.1, -0.05) is 0 Å². The van der Waals surface area contributed by atoms with Gasteiger partial charge in [0.25, 0.3) is 0 Å². The summed E-state index contributed by atoms with van der Waals surface area (Å²) in [4.78, 5) is 9.39. The Bertz CT molecular complexity index is 368. The van der Waals surface area contributed by atoms with Crippen LogP contribution >= 0.6 is 0 Å². The topological polar surface area (TPSA) is 75.4 Å². The van der Waals surface area contributed by atoms with Gasteiger partial charge in [0.2, 0.25) is 5.82 Å². The molecule has 14 heavy (non-hydrogen) atoms. The summed E-state index contributed by atoms with van der Waals surface area (Å²) in [6.07, 6.45) is 0. The number of hydrogen-bond acceptors (Lipinski definition) is 4. The predicted octanol–water partition coefficient (Wildman–Crippen LogP) is 1.87. The van der Waals surface area contributed by atoms with Crippen molar-refractivity contribution in [1.82, 2.24) is 0 Å². The molecule has 0 heterocycles. The van der Waals surface area contributed by atoms with E-state index in [1.54, 1.807) is 6.92 Å². The van der Waals surface area contributed by atoms with E-state index in [1.165, 1.54) is 0 Å². The molecule has 1 aromatic rings. The highest BCUT2D eigenvalue weighted by atomic mass is 19.1. The van der Waals surface area contributed by atoms with Gasteiger partial charge in [0.15, 0.2) is 0 Å². The maximum absolute atomic E-state index is 13.0. The van der Waals surface area contributed by atoms with Crippen LogP contribution in [-0.4, -0.2) is 16.6 Å². The first-order valence-corrected chi connectivity index (χ1v) is 3.97. The van der Waals surface area contributed by atoms with E-state index in [2.05, 4.69) is 5.32 Å². The van der Waals surface area contributed by atoms with E-state index in [4.69, 9.17) is 0 Å². The van der Waals surface area contributed by atoms with Gasteiger partial charge >= 0.3 is 5.69 Å². The van der Waals surface area contributed by atoms with E-state index >= 15 is 0 Å². The number of halogens is 1. The lowest BCUT2D eigenvalue weighted by atomic mass is 10.2. The Labute approximate surface area is 79.3 Å². The van der Waals surface area contributed by atoms with Crippen molar-refractivity contribution in [1.29, 1.82) is 0 Å². The molecule has 0 aromatic heterocycles. The van der Waals surface area contributed by atoms with Gasteiger partial charge in [0, 0.05) is 12.6 Å². The summed E-state index contributed by atoms with van der Waals surface area (Å²) in [7, 11) is 0. The molecule has 0 aliphatic carbocycles. The quantitative estimate of drug-likeness (QED) is 0.443. The van der Waals surface area contributed by atoms with Crippen LogP contribution in [0.5, 0.6) is 5.75 Å². The number of rotatable bonds is 3. The fourth-order valence-electron chi connectivity index (χ4n) is 1.02. The van der Waals surface area contributed by atoms with Crippen molar-refractivity contribution >= 4 is 11.4 Å². The van der Waals surface area contributed by atoms with Gasteiger partial charge in [-0.15, -0.1) is 0 Å². The number of hydrogen-bond donors (Lipinski definition) is 2.